The average molecular weight is 246 g/mol. The molecule has 0 bridgehead atoms. The molecule has 0 aliphatic heterocycles. The second kappa shape index (κ2) is 4.53. The molecule has 0 amide bonds. The van der Waals surface area contributed by atoms with Crippen molar-refractivity contribution in [2.75, 3.05) is 6.61 Å². The van der Waals surface area contributed by atoms with E-state index in [0.29, 0.717) is 0 Å². The SMILES string of the molecule is OC[C@@H]1CCCc2c1cnn2-c1cccc(F)c1. The first-order chi connectivity index (χ1) is 8.79. The van der Waals surface area contributed by atoms with Crippen LogP contribution in [0.2, 0.25) is 0 Å². The zero-order chi connectivity index (χ0) is 12.5. The molecule has 1 atom stereocenters. The number of benzene rings is 1. The van der Waals surface area contributed by atoms with Crippen LogP contribution in [0.1, 0.15) is 30.0 Å². The maximum atomic E-state index is 13.3. The Hall–Kier alpha value is -1.68. The van der Waals surface area contributed by atoms with Crippen molar-refractivity contribution in [2.24, 2.45) is 0 Å². The highest BCUT2D eigenvalue weighted by molar-refractivity contribution is 5.37. The lowest BCUT2D eigenvalue weighted by Crippen LogP contribution is -2.14. The Labute approximate surface area is 105 Å². The molecule has 0 saturated carbocycles. The van der Waals surface area contributed by atoms with Crippen LogP contribution in [-0.2, 0) is 6.42 Å². The number of aliphatic hydroxyl groups is 1. The summed E-state index contributed by atoms with van der Waals surface area (Å²) in [6, 6.07) is 6.44. The summed E-state index contributed by atoms with van der Waals surface area (Å²) >= 11 is 0. The molecular formula is C14H15FN2O. The lowest BCUT2D eigenvalue weighted by molar-refractivity contribution is 0.252. The summed E-state index contributed by atoms with van der Waals surface area (Å²) in [4.78, 5) is 0. The minimum absolute atomic E-state index is 0.155. The molecule has 0 saturated heterocycles. The van der Waals surface area contributed by atoms with E-state index in [1.54, 1.807) is 16.9 Å². The molecular weight excluding hydrogens is 231 g/mol. The molecule has 94 valence electrons. The highest BCUT2D eigenvalue weighted by Crippen LogP contribution is 2.32. The van der Waals surface area contributed by atoms with E-state index >= 15 is 0 Å². The summed E-state index contributed by atoms with van der Waals surface area (Å²) in [7, 11) is 0. The van der Waals surface area contributed by atoms with Crippen LogP contribution in [-0.4, -0.2) is 21.5 Å². The average Bonchev–Trinajstić information content (AvgIpc) is 2.82. The van der Waals surface area contributed by atoms with Gasteiger partial charge in [-0.3, -0.25) is 0 Å². The summed E-state index contributed by atoms with van der Waals surface area (Å²) in [6.07, 6.45) is 4.78. The number of aromatic nitrogens is 2. The molecule has 0 fully saturated rings. The number of hydrogen-bond donors (Lipinski definition) is 1. The highest BCUT2D eigenvalue weighted by Gasteiger charge is 2.24. The quantitative estimate of drug-likeness (QED) is 0.883. The van der Waals surface area contributed by atoms with Gasteiger partial charge in [0.1, 0.15) is 5.82 Å². The Kier molecular flexibility index (Phi) is 2.88. The Balaban J connectivity index is 2.07. The molecule has 1 aromatic heterocycles. The Morgan fingerprint density at radius 1 is 1.44 bits per heavy atom. The summed E-state index contributed by atoms with van der Waals surface area (Å²) in [5, 5.41) is 13.7. The normalized spacial score (nSPS) is 18.7. The van der Waals surface area contributed by atoms with E-state index in [4.69, 9.17) is 0 Å². The Bertz CT molecular complexity index is 565. The second-order valence-corrected chi connectivity index (χ2v) is 4.71. The van der Waals surface area contributed by atoms with E-state index in [0.717, 1.165) is 36.2 Å². The minimum atomic E-state index is -0.258. The van der Waals surface area contributed by atoms with Crippen molar-refractivity contribution in [1.29, 1.82) is 0 Å². The van der Waals surface area contributed by atoms with Crippen LogP contribution in [0, 0.1) is 5.82 Å². The van der Waals surface area contributed by atoms with Crippen molar-refractivity contribution >= 4 is 0 Å². The molecule has 1 aromatic carbocycles. The van der Waals surface area contributed by atoms with Crippen LogP contribution in [0.25, 0.3) is 5.69 Å². The van der Waals surface area contributed by atoms with Crippen molar-refractivity contribution in [3.05, 3.63) is 47.5 Å². The van der Waals surface area contributed by atoms with Gasteiger partial charge in [0.15, 0.2) is 0 Å². The molecule has 3 nitrogen and oxygen atoms in total. The van der Waals surface area contributed by atoms with Gasteiger partial charge < -0.3 is 5.11 Å². The van der Waals surface area contributed by atoms with Gasteiger partial charge in [0.2, 0.25) is 0 Å². The molecule has 1 heterocycles. The summed E-state index contributed by atoms with van der Waals surface area (Å²) in [5.74, 6) is -0.0812. The summed E-state index contributed by atoms with van der Waals surface area (Å²) < 4.78 is 15.0. The number of aliphatic hydroxyl groups excluding tert-OH is 1. The van der Waals surface area contributed by atoms with Gasteiger partial charge in [0, 0.05) is 11.6 Å². The molecule has 1 N–H and O–H groups in total. The fraction of sp³-hybridized carbons (Fsp3) is 0.357. The Morgan fingerprint density at radius 3 is 3.11 bits per heavy atom. The van der Waals surface area contributed by atoms with Crippen LogP contribution in [0.5, 0.6) is 0 Å². The zero-order valence-corrected chi connectivity index (χ0v) is 10.0. The fourth-order valence-electron chi connectivity index (χ4n) is 2.67. The first-order valence-electron chi connectivity index (χ1n) is 6.23. The van der Waals surface area contributed by atoms with Gasteiger partial charge in [0.05, 0.1) is 18.5 Å². The largest absolute Gasteiger partial charge is 0.396 e. The molecule has 1 aliphatic carbocycles. The third-order valence-corrected chi connectivity index (χ3v) is 3.58. The van der Waals surface area contributed by atoms with E-state index in [9.17, 15) is 9.50 Å². The van der Waals surface area contributed by atoms with Gasteiger partial charge in [-0.1, -0.05) is 6.07 Å². The number of halogens is 1. The van der Waals surface area contributed by atoms with Crippen LogP contribution >= 0.6 is 0 Å². The topological polar surface area (TPSA) is 38.1 Å². The second-order valence-electron chi connectivity index (χ2n) is 4.71. The minimum Gasteiger partial charge on any atom is -0.396 e. The first-order valence-corrected chi connectivity index (χ1v) is 6.23. The van der Waals surface area contributed by atoms with Crippen molar-refractivity contribution in [1.82, 2.24) is 9.78 Å². The lowest BCUT2D eigenvalue weighted by atomic mass is 9.87. The summed E-state index contributed by atoms with van der Waals surface area (Å²) in [5.41, 5.74) is 2.95. The van der Waals surface area contributed by atoms with Crippen LogP contribution in [0.3, 0.4) is 0 Å². The van der Waals surface area contributed by atoms with Gasteiger partial charge in [-0.05, 0) is 43.0 Å². The highest BCUT2D eigenvalue weighted by atomic mass is 19.1. The number of nitrogens with zero attached hydrogens (tertiary/aromatic N) is 2. The Morgan fingerprint density at radius 2 is 2.33 bits per heavy atom. The molecule has 1 aliphatic rings. The zero-order valence-electron chi connectivity index (χ0n) is 10.0. The number of rotatable bonds is 2. The maximum Gasteiger partial charge on any atom is 0.125 e. The number of fused-ring (bicyclic) bond motifs is 1. The predicted octanol–water partition coefficient (Wildman–Crippen LogP) is 2.42. The van der Waals surface area contributed by atoms with E-state index < -0.39 is 0 Å². The molecule has 0 radical (unpaired) electrons. The molecule has 3 rings (SSSR count). The van der Waals surface area contributed by atoms with Gasteiger partial charge in [-0.2, -0.15) is 5.10 Å². The smallest absolute Gasteiger partial charge is 0.125 e. The van der Waals surface area contributed by atoms with Crippen molar-refractivity contribution in [2.45, 2.75) is 25.2 Å². The third-order valence-electron chi connectivity index (χ3n) is 3.58. The van der Waals surface area contributed by atoms with Gasteiger partial charge in [-0.15, -0.1) is 0 Å². The standard InChI is InChI=1S/C14H15FN2O/c15-11-4-2-5-12(7-11)17-14-6-1-3-10(9-18)13(14)8-16-17/h2,4-5,7-8,10,18H,1,3,6,9H2/t10-/m0/s1. The summed E-state index contributed by atoms with van der Waals surface area (Å²) in [6.45, 7) is 0.155. The van der Waals surface area contributed by atoms with Crippen LogP contribution in [0.4, 0.5) is 4.39 Å². The maximum absolute atomic E-state index is 13.3. The van der Waals surface area contributed by atoms with Crippen LogP contribution < -0.4 is 0 Å². The molecule has 0 spiro atoms. The third kappa shape index (κ3) is 1.82. The van der Waals surface area contributed by atoms with Crippen molar-refractivity contribution in [3.8, 4) is 5.69 Å². The van der Waals surface area contributed by atoms with E-state index in [1.807, 2.05) is 6.07 Å². The predicted molar refractivity (Wildman–Crippen MR) is 66.3 cm³/mol. The monoisotopic (exact) mass is 246 g/mol. The molecule has 0 unspecified atom stereocenters. The van der Waals surface area contributed by atoms with E-state index in [1.165, 1.54) is 12.1 Å². The van der Waals surface area contributed by atoms with Crippen molar-refractivity contribution < 1.29 is 9.50 Å². The van der Waals surface area contributed by atoms with Crippen LogP contribution in [0.15, 0.2) is 30.5 Å². The van der Waals surface area contributed by atoms with Gasteiger partial charge >= 0.3 is 0 Å². The fourth-order valence-corrected chi connectivity index (χ4v) is 2.67. The molecule has 2 aromatic rings. The van der Waals surface area contributed by atoms with E-state index in [-0.39, 0.29) is 18.3 Å². The molecule has 4 heteroatoms. The first kappa shape index (κ1) is 11.4. The number of hydrogen-bond acceptors (Lipinski definition) is 2. The lowest BCUT2D eigenvalue weighted by Gasteiger charge is -2.21. The van der Waals surface area contributed by atoms with Gasteiger partial charge in [0.25, 0.3) is 0 Å². The van der Waals surface area contributed by atoms with E-state index in [2.05, 4.69) is 5.10 Å². The van der Waals surface area contributed by atoms with Crippen molar-refractivity contribution in [3.63, 3.8) is 0 Å². The van der Waals surface area contributed by atoms with Gasteiger partial charge in [-0.25, -0.2) is 9.07 Å². The molecule has 18 heavy (non-hydrogen) atoms.